The van der Waals surface area contributed by atoms with Crippen LogP contribution in [0.25, 0.3) is 5.69 Å². The lowest BCUT2D eigenvalue weighted by molar-refractivity contribution is 0.0949. The molecule has 0 spiro atoms. The molecule has 1 aliphatic heterocycles. The second kappa shape index (κ2) is 9.26. The molecule has 0 unspecified atom stereocenters. The summed E-state index contributed by atoms with van der Waals surface area (Å²) in [5, 5.41) is 7.42. The van der Waals surface area contributed by atoms with Crippen LogP contribution in [0.4, 0.5) is 10.2 Å². The van der Waals surface area contributed by atoms with Crippen LogP contribution in [-0.4, -0.2) is 47.0 Å². The summed E-state index contributed by atoms with van der Waals surface area (Å²) in [5.41, 5.74) is 2.96. The Hall–Kier alpha value is -3.26. The number of carbonyl (C=O) groups excluding carboxylic acids is 1. The van der Waals surface area contributed by atoms with Crippen LogP contribution < -0.4 is 10.2 Å². The largest absolute Gasteiger partial charge is 0.378 e. The van der Waals surface area contributed by atoms with Crippen molar-refractivity contribution in [2.75, 3.05) is 31.2 Å². The molecule has 0 radical (unpaired) electrons. The van der Waals surface area contributed by atoms with Gasteiger partial charge in [0, 0.05) is 31.4 Å². The van der Waals surface area contributed by atoms with Crippen LogP contribution in [0.15, 0.2) is 48.8 Å². The highest BCUT2D eigenvalue weighted by Gasteiger charge is 2.22. The zero-order valence-corrected chi connectivity index (χ0v) is 17.7. The standard InChI is InChI=1S/C23H26FN5O2/c1-16(2)21-20(15-27-29(21)19-7-5-18(24)6-8-19)23(30)26-14-17-4-3-9-25-22(17)28-10-12-31-13-11-28/h3-9,15-16H,10-14H2,1-2H3,(H,26,30). The highest BCUT2D eigenvalue weighted by Crippen LogP contribution is 2.24. The zero-order valence-electron chi connectivity index (χ0n) is 17.7. The minimum Gasteiger partial charge on any atom is -0.378 e. The van der Waals surface area contributed by atoms with Crippen LogP contribution in [0, 0.1) is 5.82 Å². The number of amides is 1. The zero-order chi connectivity index (χ0) is 21.8. The molecular formula is C23H26FN5O2. The van der Waals surface area contributed by atoms with Gasteiger partial charge in [-0.25, -0.2) is 14.1 Å². The van der Waals surface area contributed by atoms with E-state index in [1.165, 1.54) is 12.1 Å². The highest BCUT2D eigenvalue weighted by atomic mass is 19.1. The predicted molar refractivity (Wildman–Crippen MR) is 116 cm³/mol. The molecule has 0 atom stereocenters. The summed E-state index contributed by atoms with van der Waals surface area (Å²) in [6.07, 6.45) is 3.33. The van der Waals surface area contributed by atoms with Gasteiger partial charge in [0.25, 0.3) is 5.91 Å². The van der Waals surface area contributed by atoms with Crippen LogP contribution in [0.2, 0.25) is 0 Å². The number of benzene rings is 1. The summed E-state index contributed by atoms with van der Waals surface area (Å²) < 4.78 is 20.4. The number of carbonyl (C=O) groups is 1. The molecule has 31 heavy (non-hydrogen) atoms. The number of nitrogens with zero attached hydrogens (tertiary/aromatic N) is 4. The average Bonchev–Trinajstić information content (AvgIpc) is 3.24. The predicted octanol–water partition coefficient (Wildman–Crippen LogP) is 3.30. The van der Waals surface area contributed by atoms with Gasteiger partial charge in [0.2, 0.25) is 0 Å². The Bertz CT molecular complexity index is 1040. The number of hydrogen-bond acceptors (Lipinski definition) is 5. The van der Waals surface area contributed by atoms with Gasteiger partial charge in [-0.05, 0) is 36.2 Å². The van der Waals surface area contributed by atoms with E-state index in [0.29, 0.717) is 31.0 Å². The number of aromatic nitrogens is 3. The average molecular weight is 423 g/mol. The number of pyridine rings is 1. The minimum atomic E-state index is -0.312. The van der Waals surface area contributed by atoms with E-state index in [2.05, 4.69) is 20.3 Å². The molecule has 2 aromatic heterocycles. The van der Waals surface area contributed by atoms with Crippen LogP contribution in [-0.2, 0) is 11.3 Å². The first-order valence-corrected chi connectivity index (χ1v) is 10.4. The summed E-state index contributed by atoms with van der Waals surface area (Å²) in [6, 6.07) is 9.92. The molecule has 4 rings (SSSR count). The fourth-order valence-electron chi connectivity index (χ4n) is 3.78. The molecule has 1 aromatic carbocycles. The van der Waals surface area contributed by atoms with E-state index in [9.17, 15) is 9.18 Å². The molecule has 0 aliphatic carbocycles. The quantitative estimate of drug-likeness (QED) is 0.659. The van der Waals surface area contributed by atoms with Crippen molar-refractivity contribution >= 4 is 11.7 Å². The van der Waals surface area contributed by atoms with Crippen molar-refractivity contribution < 1.29 is 13.9 Å². The first kappa shape index (κ1) is 21.0. The van der Waals surface area contributed by atoms with Crippen LogP contribution in [0.1, 0.15) is 41.4 Å². The molecule has 0 saturated carbocycles. The SMILES string of the molecule is CC(C)c1c(C(=O)NCc2cccnc2N2CCOCC2)cnn1-c1ccc(F)cc1. The maximum absolute atomic E-state index is 13.3. The minimum absolute atomic E-state index is 0.0515. The number of nitrogens with one attached hydrogen (secondary N) is 1. The molecule has 3 aromatic rings. The highest BCUT2D eigenvalue weighted by molar-refractivity contribution is 5.95. The van der Waals surface area contributed by atoms with E-state index < -0.39 is 0 Å². The third kappa shape index (κ3) is 4.59. The normalized spacial score (nSPS) is 14.1. The topological polar surface area (TPSA) is 72.3 Å². The van der Waals surface area contributed by atoms with Gasteiger partial charge in [-0.1, -0.05) is 19.9 Å². The molecule has 0 bridgehead atoms. The summed E-state index contributed by atoms with van der Waals surface area (Å²) >= 11 is 0. The van der Waals surface area contributed by atoms with Crippen molar-refractivity contribution in [3.63, 3.8) is 0 Å². The number of hydrogen-bond donors (Lipinski definition) is 1. The molecular weight excluding hydrogens is 397 g/mol. The van der Waals surface area contributed by atoms with Gasteiger partial charge in [-0.3, -0.25) is 4.79 Å². The van der Waals surface area contributed by atoms with E-state index in [-0.39, 0.29) is 17.6 Å². The van der Waals surface area contributed by atoms with Crippen LogP contribution in [0.5, 0.6) is 0 Å². The first-order valence-electron chi connectivity index (χ1n) is 10.4. The molecule has 162 valence electrons. The van der Waals surface area contributed by atoms with Crippen LogP contribution in [0.3, 0.4) is 0 Å². The van der Waals surface area contributed by atoms with E-state index in [4.69, 9.17) is 4.74 Å². The van der Waals surface area contributed by atoms with Crippen LogP contribution >= 0.6 is 0 Å². The Labute approximate surface area is 180 Å². The van der Waals surface area contributed by atoms with Gasteiger partial charge in [0.15, 0.2) is 0 Å². The summed E-state index contributed by atoms with van der Waals surface area (Å²) in [7, 11) is 0. The molecule has 1 N–H and O–H groups in total. The lowest BCUT2D eigenvalue weighted by atomic mass is 10.0. The Morgan fingerprint density at radius 1 is 1.19 bits per heavy atom. The third-order valence-electron chi connectivity index (χ3n) is 5.29. The lowest BCUT2D eigenvalue weighted by Crippen LogP contribution is -2.37. The number of halogens is 1. The van der Waals surface area contributed by atoms with Gasteiger partial charge >= 0.3 is 0 Å². The number of ether oxygens (including phenoxy) is 1. The lowest BCUT2D eigenvalue weighted by Gasteiger charge is -2.29. The van der Waals surface area contributed by atoms with E-state index >= 15 is 0 Å². The fraction of sp³-hybridized carbons (Fsp3) is 0.348. The Morgan fingerprint density at radius 3 is 2.65 bits per heavy atom. The maximum Gasteiger partial charge on any atom is 0.255 e. The Kier molecular flexibility index (Phi) is 6.27. The third-order valence-corrected chi connectivity index (χ3v) is 5.29. The Morgan fingerprint density at radius 2 is 1.94 bits per heavy atom. The summed E-state index contributed by atoms with van der Waals surface area (Å²) in [4.78, 5) is 19.8. The molecule has 3 heterocycles. The smallest absolute Gasteiger partial charge is 0.255 e. The van der Waals surface area contributed by atoms with E-state index in [1.54, 1.807) is 29.2 Å². The van der Waals surface area contributed by atoms with E-state index in [1.807, 2.05) is 26.0 Å². The number of morpholine rings is 1. The van der Waals surface area contributed by atoms with Crippen molar-refractivity contribution in [3.8, 4) is 5.69 Å². The molecule has 1 amide bonds. The van der Waals surface area contributed by atoms with Gasteiger partial charge < -0.3 is 15.0 Å². The van der Waals surface area contributed by atoms with Crippen molar-refractivity contribution in [2.24, 2.45) is 0 Å². The molecule has 8 heteroatoms. The van der Waals surface area contributed by atoms with Gasteiger partial charge in [-0.2, -0.15) is 5.10 Å². The van der Waals surface area contributed by atoms with Crippen molar-refractivity contribution in [1.82, 2.24) is 20.1 Å². The van der Waals surface area contributed by atoms with Gasteiger partial charge in [0.1, 0.15) is 11.6 Å². The van der Waals surface area contributed by atoms with Crippen molar-refractivity contribution in [3.05, 3.63) is 71.4 Å². The summed E-state index contributed by atoms with van der Waals surface area (Å²) in [5.74, 6) is 0.411. The van der Waals surface area contributed by atoms with Crippen molar-refractivity contribution in [1.29, 1.82) is 0 Å². The fourth-order valence-corrected chi connectivity index (χ4v) is 3.78. The second-order valence-electron chi connectivity index (χ2n) is 7.75. The number of anilines is 1. The second-order valence-corrected chi connectivity index (χ2v) is 7.75. The summed E-state index contributed by atoms with van der Waals surface area (Å²) in [6.45, 7) is 7.26. The first-order chi connectivity index (χ1) is 15.0. The molecule has 1 aliphatic rings. The number of rotatable bonds is 6. The maximum atomic E-state index is 13.3. The monoisotopic (exact) mass is 423 g/mol. The van der Waals surface area contributed by atoms with Gasteiger partial charge in [-0.15, -0.1) is 0 Å². The molecule has 7 nitrogen and oxygen atoms in total. The Balaban J connectivity index is 1.54. The van der Waals surface area contributed by atoms with Crippen molar-refractivity contribution in [2.45, 2.75) is 26.3 Å². The van der Waals surface area contributed by atoms with E-state index in [0.717, 1.165) is 30.2 Å². The van der Waals surface area contributed by atoms with Gasteiger partial charge in [0.05, 0.1) is 36.4 Å². The molecule has 1 fully saturated rings. The molecule has 1 saturated heterocycles.